The van der Waals surface area contributed by atoms with Crippen molar-refractivity contribution in [3.8, 4) is 5.75 Å². The monoisotopic (exact) mass is 589 g/mol. The Kier molecular flexibility index (Phi) is 10.1. The summed E-state index contributed by atoms with van der Waals surface area (Å²) >= 11 is 1.38. The molecule has 1 atom stereocenters. The number of hydrogen-bond acceptors (Lipinski definition) is 6. The van der Waals surface area contributed by atoms with Crippen LogP contribution in [0.4, 0.5) is 10.5 Å². The zero-order valence-corrected chi connectivity index (χ0v) is 24.6. The molecule has 0 unspecified atom stereocenters. The quantitative estimate of drug-likeness (QED) is 0.184. The first kappa shape index (κ1) is 30.5. The number of benzene rings is 3. The number of alkyl carbamates (subject to hydrolysis) is 1. The summed E-state index contributed by atoms with van der Waals surface area (Å²) in [6.45, 7) is 5.79. The lowest BCUT2D eigenvalue weighted by atomic mass is 10.2. The molecular weight excluding hydrogens is 554 g/mol. The molecule has 0 saturated heterocycles. The Labute approximate surface area is 249 Å². The Morgan fingerprint density at radius 1 is 0.952 bits per heavy atom. The number of thioether (sulfide) groups is 1. The molecule has 0 aliphatic carbocycles. The van der Waals surface area contributed by atoms with Gasteiger partial charge < -0.3 is 29.8 Å². The highest BCUT2D eigenvalue weighted by Gasteiger charge is 2.23. The zero-order valence-electron chi connectivity index (χ0n) is 23.8. The molecule has 4 rings (SSSR count). The Hall–Kier alpha value is -4.44. The molecule has 0 aliphatic heterocycles. The number of aliphatic carboxylic acids is 1. The van der Waals surface area contributed by atoms with E-state index >= 15 is 0 Å². The molecule has 2 amide bonds. The largest absolute Gasteiger partial charge is 0.489 e. The number of anilines is 1. The van der Waals surface area contributed by atoms with E-state index in [1.807, 2.05) is 89.6 Å². The molecule has 0 spiro atoms. The second-order valence-corrected chi connectivity index (χ2v) is 11.8. The van der Waals surface area contributed by atoms with E-state index in [9.17, 15) is 19.5 Å². The molecule has 0 radical (unpaired) electrons. The summed E-state index contributed by atoms with van der Waals surface area (Å²) < 4.78 is 13.0. The number of ether oxygens (including phenoxy) is 2. The van der Waals surface area contributed by atoms with Gasteiger partial charge in [0.15, 0.2) is 0 Å². The van der Waals surface area contributed by atoms with E-state index in [1.54, 1.807) is 20.8 Å². The van der Waals surface area contributed by atoms with Gasteiger partial charge in [0.1, 0.15) is 30.5 Å². The van der Waals surface area contributed by atoms with Crippen molar-refractivity contribution in [3.63, 3.8) is 0 Å². The molecule has 0 aliphatic rings. The van der Waals surface area contributed by atoms with E-state index in [4.69, 9.17) is 9.47 Å². The molecule has 9 nitrogen and oxygen atoms in total. The number of fused-ring (bicyclic) bond motifs is 1. The average Bonchev–Trinajstić information content (AvgIpc) is 3.33. The van der Waals surface area contributed by atoms with Gasteiger partial charge in [-0.05, 0) is 68.3 Å². The van der Waals surface area contributed by atoms with E-state index in [-0.39, 0.29) is 18.2 Å². The van der Waals surface area contributed by atoms with Crippen molar-refractivity contribution >= 4 is 46.3 Å². The van der Waals surface area contributed by atoms with Crippen molar-refractivity contribution in [2.75, 3.05) is 11.1 Å². The van der Waals surface area contributed by atoms with Crippen LogP contribution in [0.2, 0.25) is 0 Å². The topological polar surface area (TPSA) is 119 Å². The van der Waals surface area contributed by atoms with Crippen molar-refractivity contribution in [3.05, 3.63) is 96.2 Å². The lowest BCUT2D eigenvalue weighted by Crippen LogP contribution is -2.44. The maximum Gasteiger partial charge on any atom is 0.408 e. The lowest BCUT2D eigenvalue weighted by molar-refractivity contribution is -0.138. The number of carbonyl (C=O) groups excluding carboxylic acids is 2. The molecule has 1 aromatic heterocycles. The van der Waals surface area contributed by atoms with Gasteiger partial charge in [-0.1, -0.05) is 42.5 Å². The summed E-state index contributed by atoms with van der Waals surface area (Å²) in [5.41, 5.74) is 2.94. The van der Waals surface area contributed by atoms with E-state index < -0.39 is 23.7 Å². The third-order valence-corrected chi connectivity index (χ3v) is 7.19. The third kappa shape index (κ3) is 9.31. The molecule has 10 heteroatoms. The van der Waals surface area contributed by atoms with Gasteiger partial charge in [0.25, 0.3) is 0 Å². The van der Waals surface area contributed by atoms with Crippen molar-refractivity contribution in [2.24, 2.45) is 0 Å². The van der Waals surface area contributed by atoms with E-state index in [0.29, 0.717) is 18.0 Å². The minimum absolute atomic E-state index is 0.156. The molecule has 220 valence electrons. The zero-order chi connectivity index (χ0) is 30.1. The Morgan fingerprint density at radius 3 is 2.38 bits per heavy atom. The van der Waals surface area contributed by atoms with Gasteiger partial charge in [-0.2, -0.15) is 11.8 Å². The van der Waals surface area contributed by atoms with Crippen LogP contribution in [0.1, 0.15) is 31.9 Å². The van der Waals surface area contributed by atoms with Crippen LogP contribution in [0.5, 0.6) is 5.75 Å². The predicted octanol–water partition coefficient (Wildman–Crippen LogP) is 6.07. The number of hydrogen-bond donors (Lipinski definition) is 3. The first-order valence-electron chi connectivity index (χ1n) is 13.5. The van der Waals surface area contributed by atoms with Gasteiger partial charge in [-0.3, -0.25) is 4.79 Å². The summed E-state index contributed by atoms with van der Waals surface area (Å²) in [4.78, 5) is 36.2. The minimum Gasteiger partial charge on any atom is -0.489 e. The van der Waals surface area contributed by atoms with E-state index in [2.05, 4.69) is 10.6 Å². The normalized spacial score (nSPS) is 12.0. The van der Waals surface area contributed by atoms with Crippen molar-refractivity contribution in [1.82, 2.24) is 9.88 Å². The summed E-state index contributed by atoms with van der Waals surface area (Å²) in [5.74, 6) is 0.207. The van der Waals surface area contributed by atoms with Crippen LogP contribution in [0.3, 0.4) is 0 Å². The Balaban J connectivity index is 1.24. The molecule has 42 heavy (non-hydrogen) atoms. The molecule has 0 fully saturated rings. The number of aromatic nitrogens is 1. The van der Waals surface area contributed by atoms with Crippen molar-refractivity contribution < 1.29 is 29.0 Å². The minimum atomic E-state index is -1.13. The number of amides is 2. The number of nitrogens with one attached hydrogen (secondary N) is 2. The number of carbonyl (C=O) groups is 3. The Morgan fingerprint density at radius 2 is 1.69 bits per heavy atom. The van der Waals surface area contributed by atoms with Crippen LogP contribution in [0, 0.1) is 0 Å². The molecule has 3 aromatic carbocycles. The van der Waals surface area contributed by atoms with Gasteiger partial charge in [0.05, 0.1) is 0 Å². The lowest BCUT2D eigenvalue weighted by Gasteiger charge is -2.21. The number of nitrogens with zero attached hydrogens (tertiary/aromatic N) is 1. The summed E-state index contributed by atoms with van der Waals surface area (Å²) in [7, 11) is 0. The summed E-state index contributed by atoms with van der Waals surface area (Å²) in [6.07, 6.45) is 1.12. The molecular formula is C32H35N3O6S. The molecule has 4 aromatic rings. The van der Waals surface area contributed by atoms with Gasteiger partial charge in [-0.15, -0.1) is 0 Å². The van der Waals surface area contributed by atoms with Gasteiger partial charge in [-0.25, -0.2) is 9.59 Å². The van der Waals surface area contributed by atoms with E-state index in [1.165, 1.54) is 11.8 Å². The highest BCUT2D eigenvalue weighted by atomic mass is 32.2. The number of carboxylic acid groups (broad SMARTS) is 1. The van der Waals surface area contributed by atoms with E-state index in [0.717, 1.165) is 27.8 Å². The predicted molar refractivity (Wildman–Crippen MR) is 165 cm³/mol. The third-order valence-electron chi connectivity index (χ3n) is 6.08. The molecule has 0 saturated carbocycles. The Bertz CT molecular complexity index is 1510. The molecule has 3 N–H and O–H groups in total. The van der Waals surface area contributed by atoms with Crippen LogP contribution >= 0.6 is 11.8 Å². The van der Waals surface area contributed by atoms with Crippen molar-refractivity contribution in [1.29, 1.82) is 0 Å². The van der Waals surface area contributed by atoms with Gasteiger partial charge in [0.2, 0.25) is 5.91 Å². The maximum atomic E-state index is 12.8. The fourth-order valence-electron chi connectivity index (χ4n) is 4.11. The summed E-state index contributed by atoms with van der Waals surface area (Å²) in [6, 6.07) is 24.1. The smallest absolute Gasteiger partial charge is 0.408 e. The fraction of sp³-hybridized carbons (Fsp3) is 0.281. The first-order valence-corrected chi connectivity index (χ1v) is 14.7. The number of carboxylic acids is 1. The van der Waals surface area contributed by atoms with Crippen LogP contribution in [-0.4, -0.2) is 45.0 Å². The van der Waals surface area contributed by atoms with Gasteiger partial charge >= 0.3 is 12.1 Å². The standard InChI is InChI=1S/C32H35N3O6S/c1-32(2,3)41-31(39)34-27(30(37)38)21-42-20-23-9-11-25(12-10-23)33-29(36)18-35-16-15-24-17-26(13-14-28(24)35)40-19-22-7-5-4-6-8-22/h4-17,27H,18-21H2,1-3H3,(H,33,36)(H,34,39)(H,37,38)/t27-/m0/s1. The fourth-order valence-corrected chi connectivity index (χ4v) is 5.11. The van der Waals surface area contributed by atoms with Crippen molar-refractivity contribution in [2.45, 2.75) is 51.3 Å². The average molecular weight is 590 g/mol. The van der Waals surface area contributed by atoms with Gasteiger partial charge in [0, 0.05) is 34.3 Å². The number of rotatable bonds is 12. The second kappa shape index (κ2) is 14.0. The highest BCUT2D eigenvalue weighted by molar-refractivity contribution is 7.98. The second-order valence-electron chi connectivity index (χ2n) is 10.7. The maximum absolute atomic E-state index is 12.8. The molecule has 0 bridgehead atoms. The highest BCUT2D eigenvalue weighted by Crippen LogP contribution is 2.23. The SMILES string of the molecule is CC(C)(C)OC(=O)N[C@@H](CSCc1ccc(NC(=O)Cn2ccc3cc(OCc4ccccc4)ccc32)cc1)C(=O)O. The molecule has 1 heterocycles. The summed E-state index contributed by atoms with van der Waals surface area (Å²) in [5, 5.41) is 15.7. The van der Waals surface area contributed by atoms with Crippen LogP contribution in [0.25, 0.3) is 10.9 Å². The van der Waals surface area contributed by atoms with Crippen LogP contribution < -0.4 is 15.4 Å². The van der Waals surface area contributed by atoms with Crippen LogP contribution in [-0.2, 0) is 33.2 Å². The first-order chi connectivity index (χ1) is 20.1. The van der Waals surface area contributed by atoms with Crippen LogP contribution in [0.15, 0.2) is 85.1 Å².